The lowest BCUT2D eigenvalue weighted by Gasteiger charge is -2.30. The van der Waals surface area contributed by atoms with Gasteiger partial charge in [-0.2, -0.15) is 0 Å². The second-order valence-electron chi connectivity index (χ2n) is 4.93. The molecule has 0 aliphatic rings. The molecule has 0 aliphatic carbocycles. The molecule has 2 N–H and O–H groups in total. The lowest BCUT2D eigenvalue weighted by Crippen LogP contribution is -2.38. The van der Waals surface area contributed by atoms with Gasteiger partial charge in [-0.15, -0.1) is 0 Å². The van der Waals surface area contributed by atoms with Crippen molar-refractivity contribution in [1.82, 2.24) is 0 Å². The van der Waals surface area contributed by atoms with Crippen molar-refractivity contribution in [3.8, 4) is 0 Å². The van der Waals surface area contributed by atoms with Crippen LogP contribution in [-0.2, 0) is 6.42 Å². The molecule has 1 aromatic carbocycles. The highest BCUT2D eigenvalue weighted by molar-refractivity contribution is 9.10. The Morgan fingerprint density at radius 3 is 2.50 bits per heavy atom. The molecule has 0 amide bonds. The molecule has 90 valence electrons. The average Bonchev–Trinajstić information content (AvgIpc) is 2.15. The van der Waals surface area contributed by atoms with Crippen molar-refractivity contribution in [3.05, 3.63) is 34.1 Å². The first-order chi connectivity index (χ1) is 7.35. The topological polar surface area (TPSA) is 26.0 Å². The normalized spacial score (nSPS) is 13.9. The van der Waals surface area contributed by atoms with Gasteiger partial charge in [-0.05, 0) is 42.0 Å². The Bertz CT molecular complexity index is 343. The van der Waals surface area contributed by atoms with Gasteiger partial charge in [0.15, 0.2) is 0 Å². The molecule has 0 bridgehead atoms. The molecular formula is C13H19BrFN. The Morgan fingerprint density at radius 1 is 1.38 bits per heavy atom. The van der Waals surface area contributed by atoms with E-state index in [0.29, 0.717) is 6.42 Å². The van der Waals surface area contributed by atoms with E-state index in [2.05, 4.69) is 36.7 Å². The van der Waals surface area contributed by atoms with Crippen molar-refractivity contribution < 1.29 is 4.39 Å². The fraction of sp³-hybridized carbons (Fsp3) is 0.538. The lowest BCUT2D eigenvalue weighted by atomic mass is 9.79. The van der Waals surface area contributed by atoms with E-state index >= 15 is 0 Å². The van der Waals surface area contributed by atoms with Crippen molar-refractivity contribution in [3.63, 3.8) is 0 Å². The predicted molar refractivity (Wildman–Crippen MR) is 69.9 cm³/mol. The number of benzene rings is 1. The zero-order valence-corrected chi connectivity index (χ0v) is 11.6. The summed E-state index contributed by atoms with van der Waals surface area (Å²) in [6.45, 7) is 6.42. The minimum Gasteiger partial charge on any atom is -0.327 e. The fourth-order valence-corrected chi connectivity index (χ4v) is 2.03. The molecule has 16 heavy (non-hydrogen) atoms. The monoisotopic (exact) mass is 287 g/mol. The number of nitrogens with two attached hydrogens (primary N) is 1. The number of halogens is 2. The number of hydrogen-bond donors (Lipinski definition) is 1. The Kier molecular flexibility index (Phi) is 4.51. The van der Waals surface area contributed by atoms with E-state index in [4.69, 9.17) is 5.73 Å². The Balaban J connectivity index is 2.80. The van der Waals surface area contributed by atoms with E-state index in [1.807, 2.05) is 6.07 Å². The third-order valence-electron chi connectivity index (χ3n) is 3.29. The highest BCUT2D eigenvalue weighted by Gasteiger charge is 2.24. The van der Waals surface area contributed by atoms with Gasteiger partial charge in [0.2, 0.25) is 0 Å². The van der Waals surface area contributed by atoms with Crippen molar-refractivity contribution in [1.29, 1.82) is 0 Å². The highest BCUT2D eigenvalue weighted by atomic mass is 79.9. The molecule has 1 atom stereocenters. The van der Waals surface area contributed by atoms with Gasteiger partial charge in [-0.25, -0.2) is 4.39 Å². The molecular weight excluding hydrogens is 269 g/mol. The molecule has 0 saturated heterocycles. The van der Waals surface area contributed by atoms with Crippen LogP contribution in [0.25, 0.3) is 0 Å². The fourth-order valence-electron chi connectivity index (χ4n) is 1.52. The van der Waals surface area contributed by atoms with Crippen LogP contribution in [0.15, 0.2) is 22.7 Å². The minimum atomic E-state index is -0.217. The third kappa shape index (κ3) is 3.56. The van der Waals surface area contributed by atoms with E-state index in [0.717, 1.165) is 16.5 Å². The molecule has 0 saturated carbocycles. The van der Waals surface area contributed by atoms with Crippen molar-refractivity contribution in [2.45, 2.75) is 39.7 Å². The molecule has 0 fully saturated rings. The minimum absolute atomic E-state index is 0.0474. The van der Waals surface area contributed by atoms with Gasteiger partial charge in [-0.1, -0.05) is 36.7 Å². The van der Waals surface area contributed by atoms with Gasteiger partial charge in [0.05, 0.1) is 0 Å². The summed E-state index contributed by atoms with van der Waals surface area (Å²) in [4.78, 5) is 0. The summed E-state index contributed by atoms with van der Waals surface area (Å²) in [5.74, 6) is -0.217. The molecule has 0 aromatic heterocycles. The summed E-state index contributed by atoms with van der Waals surface area (Å²) in [5, 5.41) is 0. The zero-order chi connectivity index (χ0) is 12.3. The van der Waals surface area contributed by atoms with Gasteiger partial charge in [0.1, 0.15) is 5.82 Å². The van der Waals surface area contributed by atoms with E-state index < -0.39 is 0 Å². The van der Waals surface area contributed by atoms with Crippen LogP contribution in [0.5, 0.6) is 0 Å². The maximum Gasteiger partial charge on any atom is 0.124 e. The second kappa shape index (κ2) is 5.28. The van der Waals surface area contributed by atoms with Crippen LogP contribution >= 0.6 is 15.9 Å². The molecule has 1 unspecified atom stereocenters. The maximum atomic E-state index is 13.2. The van der Waals surface area contributed by atoms with Crippen LogP contribution in [0.2, 0.25) is 0 Å². The predicted octanol–water partition coefficient (Wildman–Crippen LogP) is 3.89. The molecule has 1 aromatic rings. The number of rotatable bonds is 4. The van der Waals surface area contributed by atoms with Crippen molar-refractivity contribution in [2.75, 3.05) is 0 Å². The molecule has 1 nitrogen and oxygen atoms in total. The average molecular weight is 288 g/mol. The quantitative estimate of drug-likeness (QED) is 0.893. The van der Waals surface area contributed by atoms with E-state index in [-0.39, 0.29) is 17.3 Å². The molecule has 0 aliphatic heterocycles. The Labute approximate surface area is 105 Å². The first-order valence-corrected chi connectivity index (χ1v) is 6.35. The van der Waals surface area contributed by atoms with Crippen LogP contribution in [0.1, 0.15) is 32.8 Å². The van der Waals surface area contributed by atoms with E-state index in [9.17, 15) is 4.39 Å². The van der Waals surface area contributed by atoms with Gasteiger partial charge in [-0.3, -0.25) is 0 Å². The van der Waals surface area contributed by atoms with Crippen LogP contribution < -0.4 is 5.73 Å². The smallest absolute Gasteiger partial charge is 0.124 e. The number of hydrogen-bond acceptors (Lipinski definition) is 1. The molecule has 0 radical (unpaired) electrons. The van der Waals surface area contributed by atoms with Gasteiger partial charge >= 0.3 is 0 Å². The van der Waals surface area contributed by atoms with E-state index in [1.165, 1.54) is 6.07 Å². The molecule has 0 spiro atoms. The SMILES string of the molecule is CCC(C)(C)C(N)Cc1cc(F)cc(Br)c1. The van der Waals surface area contributed by atoms with Gasteiger partial charge < -0.3 is 5.73 Å². The first kappa shape index (κ1) is 13.7. The zero-order valence-electron chi connectivity index (χ0n) is 10.1. The van der Waals surface area contributed by atoms with Crippen molar-refractivity contribution >= 4 is 15.9 Å². The lowest BCUT2D eigenvalue weighted by molar-refractivity contribution is 0.272. The van der Waals surface area contributed by atoms with Gasteiger partial charge in [0.25, 0.3) is 0 Å². The van der Waals surface area contributed by atoms with Gasteiger partial charge in [0, 0.05) is 10.5 Å². The highest BCUT2D eigenvalue weighted by Crippen LogP contribution is 2.26. The first-order valence-electron chi connectivity index (χ1n) is 5.55. The van der Waals surface area contributed by atoms with Crippen LogP contribution in [0.4, 0.5) is 4.39 Å². The van der Waals surface area contributed by atoms with Crippen LogP contribution in [0.3, 0.4) is 0 Å². The standard InChI is InChI=1S/C13H19BrFN/c1-4-13(2,3)12(16)7-9-5-10(14)8-11(15)6-9/h5-6,8,12H,4,7,16H2,1-3H3. The van der Waals surface area contributed by atoms with Crippen LogP contribution in [0, 0.1) is 11.2 Å². The van der Waals surface area contributed by atoms with E-state index in [1.54, 1.807) is 6.07 Å². The molecule has 1 rings (SSSR count). The van der Waals surface area contributed by atoms with Crippen LogP contribution in [-0.4, -0.2) is 6.04 Å². The second-order valence-corrected chi connectivity index (χ2v) is 5.85. The largest absolute Gasteiger partial charge is 0.327 e. The summed E-state index contributed by atoms with van der Waals surface area (Å²) in [6.07, 6.45) is 1.72. The molecule has 0 heterocycles. The Hall–Kier alpha value is -0.410. The third-order valence-corrected chi connectivity index (χ3v) is 3.75. The summed E-state index contributed by atoms with van der Waals surface area (Å²) in [7, 11) is 0. The summed E-state index contributed by atoms with van der Waals surface area (Å²) in [5.41, 5.74) is 7.18. The summed E-state index contributed by atoms with van der Waals surface area (Å²) < 4.78 is 14.0. The maximum absolute atomic E-state index is 13.2. The summed E-state index contributed by atoms with van der Waals surface area (Å²) in [6, 6.07) is 4.98. The molecule has 3 heteroatoms. The Morgan fingerprint density at radius 2 is 2.00 bits per heavy atom. The summed E-state index contributed by atoms with van der Waals surface area (Å²) >= 11 is 3.29. The van der Waals surface area contributed by atoms with Crippen molar-refractivity contribution in [2.24, 2.45) is 11.1 Å².